The summed E-state index contributed by atoms with van der Waals surface area (Å²) in [4.78, 5) is 24.6. The molecule has 8 nitrogen and oxygen atoms in total. The maximum absolute atomic E-state index is 12.8. The summed E-state index contributed by atoms with van der Waals surface area (Å²) in [5.41, 5.74) is 0.626. The van der Waals surface area contributed by atoms with Crippen molar-refractivity contribution in [3.8, 4) is 11.9 Å². The fraction of sp³-hybridized carbons (Fsp3) is 0.458. The van der Waals surface area contributed by atoms with Gasteiger partial charge in [-0.15, -0.1) is 5.11 Å². The molecule has 32 heavy (non-hydrogen) atoms. The summed E-state index contributed by atoms with van der Waals surface area (Å²) < 4.78 is 6.18. The Kier molecular flexibility index (Phi) is 9.14. The van der Waals surface area contributed by atoms with Crippen LogP contribution in [0.3, 0.4) is 0 Å². The average Bonchev–Trinajstić information content (AvgIpc) is 2.79. The lowest BCUT2D eigenvalue weighted by Crippen LogP contribution is -2.27. The first-order valence-electron chi connectivity index (χ1n) is 10.9. The number of hydrogen-bond acceptors (Lipinski definition) is 7. The Labute approximate surface area is 188 Å². The molecule has 0 aliphatic carbocycles. The minimum Gasteiger partial charge on any atom is -0.493 e. The van der Waals surface area contributed by atoms with Gasteiger partial charge in [-0.05, 0) is 50.5 Å². The number of pyridine rings is 1. The largest absolute Gasteiger partial charge is 0.493 e. The Morgan fingerprint density at radius 1 is 1.22 bits per heavy atom. The number of nitriles is 1. The number of carbonyl (C=O) groups is 1. The lowest BCUT2D eigenvalue weighted by atomic mass is 9.99. The van der Waals surface area contributed by atoms with Gasteiger partial charge in [-0.25, -0.2) is 4.79 Å². The molecule has 1 aromatic heterocycles. The Morgan fingerprint density at radius 2 is 1.91 bits per heavy atom. The first-order chi connectivity index (χ1) is 15.4. The van der Waals surface area contributed by atoms with Gasteiger partial charge in [-0.3, -0.25) is 9.36 Å². The molecule has 0 saturated heterocycles. The number of nitrogens with zero attached hydrogens (tertiary/aromatic N) is 4. The van der Waals surface area contributed by atoms with Crippen LogP contribution in [0.25, 0.3) is 0 Å². The van der Waals surface area contributed by atoms with E-state index in [-0.39, 0.29) is 35.2 Å². The normalized spacial score (nSPS) is 12.0. The highest BCUT2D eigenvalue weighted by Crippen LogP contribution is 2.33. The Balaban J connectivity index is 2.42. The van der Waals surface area contributed by atoms with E-state index in [1.54, 1.807) is 38.1 Å². The van der Waals surface area contributed by atoms with Crippen LogP contribution < -0.4 is 5.56 Å². The predicted octanol–water partition coefficient (Wildman–Crippen LogP) is 5.54. The molecule has 0 radical (unpaired) electrons. The van der Waals surface area contributed by atoms with Crippen LogP contribution in [0.15, 0.2) is 39.3 Å². The van der Waals surface area contributed by atoms with E-state index in [0.717, 1.165) is 25.7 Å². The number of carbonyl (C=O) groups excluding carboxylic acids is 1. The van der Waals surface area contributed by atoms with E-state index in [4.69, 9.17) is 4.74 Å². The Hall–Kier alpha value is -3.47. The zero-order valence-electron chi connectivity index (χ0n) is 19.1. The Morgan fingerprint density at radius 3 is 2.47 bits per heavy atom. The van der Waals surface area contributed by atoms with Gasteiger partial charge in [0, 0.05) is 12.1 Å². The smallest absolute Gasteiger partial charge is 0.338 e. The minimum atomic E-state index is -0.518. The van der Waals surface area contributed by atoms with Crippen LogP contribution in [0.1, 0.15) is 67.9 Å². The van der Waals surface area contributed by atoms with Crippen LogP contribution in [-0.2, 0) is 11.3 Å². The molecule has 1 unspecified atom stereocenters. The van der Waals surface area contributed by atoms with Crippen molar-refractivity contribution in [2.75, 3.05) is 6.61 Å². The van der Waals surface area contributed by atoms with Crippen molar-refractivity contribution in [1.29, 1.82) is 5.26 Å². The summed E-state index contributed by atoms with van der Waals surface area (Å²) in [6, 6.07) is 8.27. The Bertz CT molecular complexity index is 1070. The number of aromatic hydroxyl groups is 1. The number of aromatic nitrogens is 1. The lowest BCUT2D eigenvalue weighted by molar-refractivity contribution is 0.0526. The minimum absolute atomic E-state index is 0.0558. The number of azo groups is 1. The summed E-state index contributed by atoms with van der Waals surface area (Å²) in [7, 11) is 0. The molecule has 1 atom stereocenters. The molecule has 1 N–H and O–H groups in total. The van der Waals surface area contributed by atoms with E-state index in [9.17, 15) is 20.0 Å². The standard InChI is InChI=1S/C24H30N4O4/c1-5-8-9-17(6-2)15-28-22(29)20(14-25)16(4)21(23(28)30)27-26-19-12-10-18(11-13-19)24(31)32-7-3/h10-13,17,30H,5-9,15H2,1-4H3/b27-26+. The van der Waals surface area contributed by atoms with Gasteiger partial charge < -0.3 is 9.84 Å². The molecule has 0 aliphatic heterocycles. The molecular weight excluding hydrogens is 408 g/mol. The van der Waals surface area contributed by atoms with Crippen molar-refractivity contribution in [3.05, 3.63) is 51.3 Å². The molecule has 0 saturated carbocycles. The van der Waals surface area contributed by atoms with Gasteiger partial charge in [0.15, 0.2) is 5.69 Å². The monoisotopic (exact) mass is 438 g/mol. The highest BCUT2D eigenvalue weighted by molar-refractivity contribution is 5.89. The maximum atomic E-state index is 12.8. The van der Waals surface area contributed by atoms with Gasteiger partial charge in [-0.2, -0.15) is 10.4 Å². The van der Waals surface area contributed by atoms with E-state index in [1.807, 2.05) is 13.0 Å². The van der Waals surface area contributed by atoms with Crippen LogP contribution in [0.4, 0.5) is 11.4 Å². The van der Waals surface area contributed by atoms with Gasteiger partial charge in [0.2, 0.25) is 5.88 Å². The topological polar surface area (TPSA) is 117 Å². The third-order valence-corrected chi connectivity index (χ3v) is 5.40. The summed E-state index contributed by atoms with van der Waals surface area (Å²) >= 11 is 0. The first-order valence-corrected chi connectivity index (χ1v) is 10.9. The second kappa shape index (κ2) is 11.8. The van der Waals surface area contributed by atoms with Crippen molar-refractivity contribution in [1.82, 2.24) is 4.57 Å². The molecule has 8 heteroatoms. The third-order valence-electron chi connectivity index (χ3n) is 5.40. The SMILES string of the molecule is CCCCC(CC)Cn1c(O)c(/N=N/c2ccc(C(=O)OCC)cc2)c(C)c(C#N)c1=O. The average molecular weight is 439 g/mol. The van der Waals surface area contributed by atoms with Crippen LogP contribution in [-0.4, -0.2) is 22.2 Å². The van der Waals surface area contributed by atoms with Gasteiger partial charge in [0.05, 0.1) is 17.9 Å². The molecule has 1 aromatic carbocycles. The summed E-state index contributed by atoms with van der Waals surface area (Å²) in [5.74, 6) is -0.523. The number of hydrogen-bond donors (Lipinski definition) is 1. The molecule has 0 aliphatic rings. The molecule has 2 rings (SSSR count). The molecule has 2 aromatic rings. The summed E-state index contributed by atoms with van der Waals surface area (Å²) in [6.45, 7) is 8.05. The quantitative estimate of drug-likeness (QED) is 0.386. The van der Waals surface area contributed by atoms with Crippen molar-refractivity contribution >= 4 is 17.3 Å². The van der Waals surface area contributed by atoms with Crippen LogP contribution >= 0.6 is 0 Å². The second-order valence-corrected chi connectivity index (χ2v) is 7.58. The van der Waals surface area contributed by atoms with E-state index in [2.05, 4.69) is 17.2 Å². The number of rotatable bonds is 10. The van der Waals surface area contributed by atoms with Gasteiger partial charge in [0.25, 0.3) is 5.56 Å². The maximum Gasteiger partial charge on any atom is 0.338 e. The van der Waals surface area contributed by atoms with Crippen molar-refractivity contribution in [3.63, 3.8) is 0 Å². The van der Waals surface area contributed by atoms with E-state index < -0.39 is 11.5 Å². The number of unbranched alkanes of at least 4 members (excludes halogenated alkanes) is 1. The molecular formula is C24H30N4O4. The van der Waals surface area contributed by atoms with E-state index in [1.165, 1.54) is 4.57 Å². The molecule has 0 fully saturated rings. The van der Waals surface area contributed by atoms with E-state index in [0.29, 0.717) is 17.8 Å². The predicted molar refractivity (Wildman–Crippen MR) is 122 cm³/mol. The van der Waals surface area contributed by atoms with Crippen molar-refractivity contribution in [2.24, 2.45) is 16.1 Å². The van der Waals surface area contributed by atoms with Crippen molar-refractivity contribution in [2.45, 2.75) is 59.9 Å². The molecule has 170 valence electrons. The zero-order chi connectivity index (χ0) is 23.7. The highest BCUT2D eigenvalue weighted by atomic mass is 16.5. The van der Waals surface area contributed by atoms with Gasteiger partial charge in [-0.1, -0.05) is 33.1 Å². The molecule has 0 spiro atoms. The first kappa shape index (κ1) is 24.8. The lowest BCUT2D eigenvalue weighted by Gasteiger charge is -2.19. The van der Waals surface area contributed by atoms with Gasteiger partial charge in [0.1, 0.15) is 11.6 Å². The van der Waals surface area contributed by atoms with Crippen LogP contribution in [0, 0.1) is 24.2 Å². The highest BCUT2D eigenvalue weighted by Gasteiger charge is 2.21. The zero-order valence-corrected chi connectivity index (χ0v) is 19.1. The third kappa shape index (κ3) is 5.82. The molecule has 0 bridgehead atoms. The van der Waals surface area contributed by atoms with Crippen LogP contribution in [0.5, 0.6) is 5.88 Å². The number of benzene rings is 1. The summed E-state index contributed by atoms with van der Waals surface area (Å²) in [5, 5.41) is 28.6. The summed E-state index contributed by atoms with van der Waals surface area (Å²) in [6.07, 6.45) is 3.85. The van der Waals surface area contributed by atoms with E-state index >= 15 is 0 Å². The number of ether oxygens (including phenoxy) is 1. The molecule has 1 heterocycles. The molecule has 0 amide bonds. The van der Waals surface area contributed by atoms with Crippen molar-refractivity contribution < 1.29 is 14.6 Å². The fourth-order valence-corrected chi connectivity index (χ4v) is 3.39. The fourth-order valence-electron chi connectivity index (χ4n) is 3.39. The second-order valence-electron chi connectivity index (χ2n) is 7.58. The van der Waals surface area contributed by atoms with Crippen LogP contribution in [0.2, 0.25) is 0 Å². The van der Waals surface area contributed by atoms with Gasteiger partial charge >= 0.3 is 5.97 Å². The number of esters is 1.